The molecule has 0 radical (unpaired) electrons. The quantitative estimate of drug-likeness (QED) is 0.676. The molecule has 3 rings (SSSR count). The predicted molar refractivity (Wildman–Crippen MR) is 105 cm³/mol. The van der Waals surface area contributed by atoms with Crippen molar-refractivity contribution < 1.29 is 14.4 Å². The van der Waals surface area contributed by atoms with Gasteiger partial charge in [-0.1, -0.05) is 24.3 Å². The van der Waals surface area contributed by atoms with Crippen molar-refractivity contribution in [2.75, 3.05) is 17.2 Å². The first-order valence-electron chi connectivity index (χ1n) is 7.90. The van der Waals surface area contributed by atoms with Gasteiger partial charge in [-0.25, -0.2) is 0 Å². The summed E-state index contributed by atoms with van der Waals surface area (Å²) in [6, 6.07) is 14.7. The number of fused-ring (bicyclic) bond motifs is 1. The minimum Gasteiger partial charge on any atom is -0.347 e. The van der Waals surface area contributed by atoms with Crippen LogP contribution in [-0.2, 0) is 14.4 Å². The summed E-state index contributed by atoms with van der Waals surface area (Å²) in [6.07, 6.45) is 0.00709. The molecule has 2 aromatic carbocycles. The van der Waals surface area contributed by atoms with E-state index in [0.29, 0.717) is 5.69 Å². The van der Waals surface area contributed by atoms with Gasteiger partial charge in [0.05, 0.1) is 23.2 Å². The van der Waals surface area contributed by atoms with Crippen LogP contribution in [0.5, 0.6) is 0 Å². The van der Waals surface area contributed by atoms with Crippen LogP contribution < -0.4 is 16.0 Å². The number of carbonyl (C=O) groups is 3. The minimum absolute atomic E-state index is 0.00709. The van der Waals surface area contributed by atoms with Gasteiger partial charge in [0.1, 0.15) is 0 Å². The molecule has 26 heavy (non-hydrogen) atoms. The number of carbonyl (C=O) groups excluding carboxylic acids is 3. The SMILES string of the molecule is O=C(C[C@@H]1Sc2ccccc2NC1=O)NCC(=O)Nc1ccccc1Br. The van der Waals surface area contributed by atoms with Crippen LogP contribution in [0.1, 0.15) is 6.42 Å². The summed E-state index contributed by atoms with van der Waals surface area (Å²) in [5.41, 5.74) is 1.39. The zero-order valence-electron chi connectivity index (χ0n) is 13.6. The summed E-state index contributed by atoms with van der Waals surface area (Å²) in [4.78, 5) is 37.1. The van der Waals surface area contributed by atoms with Crippen LogP contribution in [0.2, 0.25) is 0 Å². The Morgan fingerprint density at radius 3 is 2.62 bits per heavy atom. The summed E-state index contributed by atoms with van der Waals surface area (Å²) in [5, 5.41) is 7.54. The molecular formula is C18H16BrN3O3S. The number of halogens is 1. The lowest BCUT2D eigenvalue weighted by atomic mass is 10.2. The fraction of sp³-hybridized carbons (Fsp3) is 0.167. The summed E-state index contributed by atoms with van der Waals surface area (Å²) in [6.45, 7) is -0.157. The lowest BCUT2D eigenvalue weighted by molar-refractivity contribution is -0.125. The van der Waals surface area contributed by atoms with Gasteiger partial charge < -0.3 is 16.0 Å². The zero-order valence-corrected chi connectivity index (χ0v) is 16.0. The normalized spacial score (nSPS) is 15.6. The number of anilines is 2. The molecule has 1 aliphatic rings. The number of nitrogens with one attached hydrogen (secondary N) is 3. The Hall–Kier alpha value is -2.32. The highest BCUT2D eigenvalue weighted by molar-refractivity contribution is 9.10. The Bertz CT molecular complexity index is 859. The van der Waals surface area contributed by atoms with Gasteiger partial charge in [-0.05, 0) is 40.2 Å². The van der Waals surface area contributed by atoms with Crippen molar-refractivity contribution in [1.29, 1.82) is 0 Å². The van der Waals surface area contributed by atoms with E-state index in [-0.39, 0.29) is 30.7 Å². The first-order chi connectivity index (χ1) is 12.5. The van der Waals surface area contributed by atoms with Crippen LogP contribution in [0.25, 0.3) is 0 Å². The van der Waals surface area contributed by atoms with E-state index in [0.717, 1.165) is 15.1 Å². The molecular weight excluding hydrogens is 418 g/mol. The molecule has 0 saturated heterocycles. The number of hydrogen-bond donors (Lipinski definition) is 3. The Morgan fingerprint density at radius 1 is 1.08 bits per heavy atom. The molecule has 0 aromatic heterocycles. The second kappa shape index (κ2) is 8.37. The highest BCUT2D eigenvalue weighted by Crippen LogP contribution is 2.36. The second-order valence-electron chi connectivity index (χ2n) is 5.60. The molecule has 6 nitrogen and oxygen atoms in total. The van der Waals surface area contributed by atoms with Crippen LogP contribution >= 0.6 is 27.7 Å². The molecule has 8 heteroatoms. The van der Waals surface area contributed by atoms with Crippen molar-refractivity contribution in [2.45, 2.75) is 16.6 Å². The van der Waals surface area contributed by atoms with Gasteiger partial charge in [0, 0.05) is 15.8 Å². The fourth-order valence-corrected chi connectivity index (χ4v) is 3.90. The van der Waals surface area contributed by atoms with Crippen LogP contribution in [0, 0.1) is 0 Å². The van der Waals surface area contributed by atoms with Gasteiger partial charge in [-0.3, -0.25) is 14.4 Å². The maximum absolute atomic E-state index is 12.1. The molecule has 2 aromatic rings. The van der Waals surface area contributed by atoms with Crippen molar-refractivity contribution in [3.63, 3.8) is 0 Å². The second-order valence-corrected chi connectivity index (χ2v) is 7.70. The molecule has 1 heterocycles. The van der Waals surface area contributed by atoms with Crippen LogP contribution in [0.4, 0.5) is 11.4 Å². The van der Waals surface area contributed by atoms with Crippen molar-refractivity contribution >= 4 is 56.8 Å². The standard InChI is InChI=1S/C18H16BrN3O3S/c19-11-5-1-2-6-12(11)21-17(24)10-20-16(23)9-15-18(25)22-13-7-3-4-8-14(13)26-15/h1-8,15H,9-10H2,(H,20,23)(H,21,24)(H,22,25)/t15-/m0/s1. The van der Waals surface area contributed by atoms with Crippen molar-refractivity contribution in [3.05, 3.63) is 53.0 Å². The number of para-hydroxylation sites is 2. The summed E-state index contributed by atoms with van der Waals surface area (Å²) in [5.74, 6) is -0.892. The summed E-state index contributed by atoms with van der Waals surface area (Å²) in [7, 11) is 0. The van der Waals surface area contributed by atoms with E-state index in [1.807, 2.05) is 36.4 Å². The average molecular weight is 434 g/mol. The molecule has 1 aliphatic heterocycles. The van der Waals surface area contributed by atoms with Crippen molar-refractivity contribution in [3.8, 4) is 0 Å². The lowest BCUT2D eigenvalue weighted by Crippen LogP contribution is -2.37. The van der Waals surface area contributed by atoms with Crippen LogP contribution in [0.15, 0.2) is 57.9 Å². The minimum atomic E-state index is -0.517. The predicted octanol–water partition coefficient (Wildman–Crippen LogP) is 3.01. The van der Waals surface area contributed by atoms with E-state index in [1.165, 1.54) is 11.8 Å². The number of benzene rings is 2. The van der Waals surface area contributed by atoms with E-state index >= 15 is 0 Å². The Balaban J connectivity index is 1.49. The van der Waals surface area contributed by atoms with Crippen LogP contribution in [0.3, 0.4) is 0 Å². The largest absolute Gasteiger partial charge is 0.347 e. The maximum Gasteiger partial charge on any atom is 0.243 e. The fourth-order valence-electron chi connectivity index (χ4n) is 2.40. The van der Waals surface area contributed by atoms with Gasteiger partial charge >= 0.3 is 0 Å². The monoisotopic (exact) mass is 433 g/mol. The topological polar surface area (TPSA) is 87.3 Å². The van der Waals surface area contributed by atoms with Gasteiger partial charge in [-0.15, -0.1) is 11.8 Å². The third-order valence-electron chi connectivity index (χ3n) is 3.67. The molecule has 0 saturated carbocycles. The molecule has 0 fully saturated rings. The third kappa shape index (κ3) is 4.64. The molecule has 0 spiro atoms. The zero-order chi connectivity index (χ0) is 18.5. The Labute approximate surface area is 163 Å². The molecule has 3 amide bonds. The lowest BCUT2D eigenvalue weighted by Gasteiger charge is -2.23. The van der Waals surface area contributed by atoms with Gasteiger partial charge in [0.2, 0.25) is 17.7 Å². The molecule has 1 atom stereocenters. The number of thioether (sulfide) groups is 1. The summed E-state index contributed by atoms with van der Waals surface area (Å²) >= 11 is 4.69. The molecule has 0 aliphatic carbocycles. The number of rotatable bonds is 5. The third-order valence-corrected chi connectivity index (χ3v) is 5.64. The highest BCUT2D eigenvalue weighted by atomic mass is 79.9. The van der Waals surface area contributed by atoms with E-state index in [2.05, 4.69) is 31.9 Å². The Morgan fingerprint density at radius 2 is 1.81 bits per heavy atom. The highest BCUT2D eigenvalue weighted by Gasteiger charge is 2.28. The smallest absolute Gasteiger partial charge is 0.243 e. The molecule has 134 valence electrons. The van der Waals surface area contributed by atoms with E-state index < -0.39 is 5.25 Å². The maximum atomic E-state index is 12.1. The summed E-state index contributed by atoms with van der Waals surface area (Å²) < 4.78 is 0.758. The van der Waals surface area contributed by atoms with E-state index in [1.54, 1.807) is 12.1 Å². The first kappa shape index (κ1) is 18.5. The van der Waals surface area contributed by atoms with Crippen molar-refractivity contribution in [1.82, 2.24) is 5.32 Å². The van der Waals surface area contributed by atoms with E-state index in [9.17, 15) is 14.4 Å². The van der Waals surface area contributed by atoms with Gasteiger partial charge in [0.25, 0.3) is 0 Å². The van der Waals surface area contributed by atoms with Gasteiger partial charge in [0.15, 0.2) is 0 Å². The van der Waals surface area contributed by atoms with Gasteiger partial charge in [-0.2, -0.15) is 0 Å². The van der Waals surface area contributed by atoms with Crippen molar-refractivity contribution in [2.24, 2.45) is 0 Å². The van der Waals surface area contributed by atoms with E-state index in [4.69, 9.17) is 0 Å². The Kier molecular flexibility index (Phi) is 5.95. The molecule has 0 bridgehead atoms. The average Bonchev–Trinajstić information content (AvgIpc) is 2.62. The first-order valence-corrected chi connectivity index (χ1v) is 9.58. The number of amides is 3. The molecule has 3 N–H and O–H groups in total. The number of hydrogen-bond acceptors (Lipinski definition) is 4. The van der Waals surface area contributed by atoms with Crippen LogP contribution in [-0.4, -0.2) is 29.5 Å². The molecule has 0 unspecified atom stereocenters.